The van der Waals surface area contributed by atoms with Gasteiger partial charge in [-0.2, -0.15) is 5.26 Å². The Balaban J connectivity index is 2.99. The summed E-state index contributed by atoms with van der Waals surface area (Å²) in [5, 5.41) is 8.71. The van der Waals surface area contributed by atoms with Gasteiger partial charge in [0.25, 0.3) is 0 Å². The van der Waals surface area contributed by atoms with Crippen LogP contribution in [0.5, 0.6) is 0 Å². The van der Waals surface area contributed by atoms with Gasteiger partial charge in [0, 0.05) is 24.8 Å². The van der Waals surface area contributed by atoms with E-state index in [4.69, 9.17) is 11.0 Å². The topological polar surface area (TPSA) is 53.0 Å². The number of hydrogen-bond acceptors (Lipinski definition) is 3. The second-order valence-corrected chi connectivity index (χ2v) is 4.17. The molecule has 86 valence electrons. The van der Waals surface area contributed by atoms with Crippen LogP contribution >= 0.6 is 0 Å². The van der Waals surface area contributed by atoms with E-state index in [9.17, 15) is 0 Å². The third-order valence-electron chi connectivity index (χ3n) is 2.86. The Kier molecular flexibility index (Phi) is 4.33. The fraction of sp³-hybridized carbons (Fsp3) is 0.462. The highest BCUT2D eigenvalue weighted by Gasteiger charge is 2.14. The van der Waals surface area contributed by atoms with E-state index in [-0.39, 0.29) is 12.1 Å². The summed E-state index contributed by atoms with van der Waals surface area (Å²) in [6.45, 7) is 4.02. The molecule has 1 unspecified atom stereocenters. The predicted molar refractivity (Wildman–Crippen MR) is 67.1 cm³/mol. The van der Waals surface area contributed by atoms with Gasteiger partial charge in [0.05, 0.1) is 12.5 Å². The van der Waals surface area contributed by atoms with Gasteiger partial charge in [-0.25, -0.2) is 0 Å². The zero-order valence-corrected chi connectivity index (χ0v) is 10.1. The molecular formula is C13H19N3. The standard InChI is InChI=1S/C13H19N3/c1-10(8-9-14)16(3)13-7-5-4-6-12(13)11(2)15/h4-7,10-11H,8,15H2,1-3H3/t10?,11-/m0/s1. The first-order valence-electron chi connectivity index (χ1n) is 5.52. The highest BCUT2D eigenvalue weighted by Crippen LogP contribution is 2.25. The molecule has 3 nitrogen and oxygen atoms in total. The zero-order valence-electron chi connectivity index (χ0n) is 10.1. The highest BCUT2D eigenvalue weighted by molar-refractivity contribution is 5.55. The number of nitrogens with two attached hydrogens (primary N) is 1. The van der Waals surface area contributed by atoms with Gasteiger partial charge in [-0.15, -0.1) is 0 Å². The molecule has 0 aliphatic heterocycles. The lowest BCUT2D eigenvalue weighted by molar-refractivity contribution is 0.692. The number of para-hydroxylation sites is 1. The minimum atomic E-state index is 0.00735. The van der Waals surface area contributed by atoms with E-state index in [2.05, 4.69) is 11.0 Å². The molecule has 0 amide bonds. The Morgan fingerprint density at radius 3 is 2.56 bits per heavy atom. The smallest absolute Gasteiger partial charge is 0.0643 e. The fourth-order valence-electron chi connectivity index (χ4n) is 1.70. The van der Waals surface area contributed by atoms with Crippen molar-refractivity contribution in [1.29, 1.82) is 5.26 Å². The van der Waals surface area contributed by atoms with E-state index in [1.54, 1.807) is 0 Å². The molecular weight excluding hydrogens is 198 g/mol. The SMILES string of the molecule is CC(CC#N)N(C)c1ccccc1[C@H](C)N. The third kappa shape index (κ3) is 2.74. The summed E-state index contributed by atoms with van der Waals surface area (Å²) in [5.41, 5.74) is 8.17. The molecule has 0 spiro atoms. The summed E-state index contributed by atoms with van der Waals surface area (Å²) in [6.07, 6.45) is 0.518. The Hall–Kier alpha value is -1.53. The fourth-order valence-corrected chi connectivity index (χ4v) is 1.70. The molecule has 0 radical (unpaired) electrons. The van der Waals surface area contributed by atoms with Crippen LogP contribution < -0.4 is 10.6 Å². The summed E-state index contributed by atoms with van der Waals surface area (Å²) >= 11 is 0. The van der Waals surface area contributed by atoms with Gasteiger partial charge in [-0.3, -0.25) is 0 Å². The number of rotatable bonds is 4. The number of nitriles is 1. The average molecular weight is 217 g/mol. The molecule has 0 saturated carbocycles. The second-order valence-electron chi connectivity index (χ2n) is 4.17. The molecule has 1 rings (SSSR count). The molecule has 0 aliphatic rings. The normalized spacial score (nSPS) is 13.9. The Labute approximate surface area is 97.5 Å². The molecule has 1 aromatic rings. The Bertz CT molecular complexity index is 379. The number of benzene rings is 1. The van der Waals surface area contributed by atoms with Crippen LogP contribution in [0.15, 0.2) is 24.3 Å². The van der Waals surface area contributed by atoms with Crippen molar-refractivity contribution in [2.24, 2.45) is 5.73 Å². The van der Waals surface area contributed by atoms with Gasteiger partial charge >= 0.3 is 0 Å². The lowest BCUT2D eigenvalue weighted by atomic mass is 10.0. The first-order valence-corrected chi connectivity index (χ1v) is 5.52. The molecule has 2 atom stereocenters. The minimum absolute atomic E-state index is 0.00735. The summed E-state index contributed by atoms with van der Waals surface area (Å²) in [7, 11) is 2.00. The minimum Gasteiger partial charge on any atom is -0.371 e. The lowest BCUT2D eigenvalue weighted by Crippen LogP contribution is -2.29. The van der Waals surface area contributed by atoms with E-state index in [1.807, 2.05) is 45.2 Å². The molecule has 16 heavy (non-hydrogen) atoms. The summed E-state index contributed by atoms with van der Waals surface area (Å²) in [4.78, 5) is 2.11. The molecule has 0 heterocycles. The van der Waals surface area contributed by atoms with Crippen molar-refractivity contribution in [2.75, 3.05) is 11.9 Å². The third-order valence-corrected chi connectivity index (χ3v) is 2.86. The van der Waals surface area contributed by atoms with E-state index in [0.29, 0.717) is 6.42 Å². The highest BCUT2D eigenvalue weighted by atomic mass is 15.1. The zero-order chi connectivity index (χ0) is 12.1. The van der Waals surface area contributed by atoms with Crippen molar-refractivity contribution >= 4 is 5.69 Å². The van der Waals surface area contributed by atoms with Crippen LogP contribution in [0, 0.1) is 11.3 Å². The molecule has 0 saturated heterocycles. The van der Waals surface area contributed by atoms with Crippen LogP contribution in [-0.2, 0) is 0 Å². The first kappa shape index (κ1) is 12.5. The quantitative estimate of drug-likeness (QED) is 0.842. The predicted octanol–water partition coefficient (Wildman–Crippen LogP) is 2.44. The number of hydrogen-bond donors (Lipinski definition) is 1. The largest absolute Gasteiger partial charge is 0.371 e. The molecule has 0 fully saturated rings. The van der Waals surface area contributed by atoms with Crippen LogP contribution in [0.25, 0.3) is 0 Å². The maximum atomic E-state index is 8.71. The lowest BCUT2D eigenvalue weighted by Gasteiger charge is -2.28. The van der Waals surface area contributed by atoms with Gasteiger partial charge in [-0.05, 0) is 25.5 Å². The van der Waals surface area contributed by atoms with Gasteiger partial charge in [0.2, 0.25) is 0 Å². The summed E-state index contributed by atoms with van der Waals surface area (Å²) in [5.74, 6) is 0. The van der Waals surface area contributed by atoms with Gasteiger partial charge in [0.15, 0.2) is 0 Å². The van der Waals surface area contributed by atoms with Gasteiger partial charge < -0.3 is 10.6 Å². The van der Waals surface area contributed by atoms with Crippen molar-refractivity contribution in [3.05, 3.63) is 29.8 Å². The average Bonchev–Trinajstić information content (AvgIpc) is 2.28. The van der Waals surface area contributed by atoms with Crippen LogP contribution in [0.1, 0.15) is 31.9 Å². The van der Waals surface area contributed by atoms with E-state index < -0.39 is 0 Å². The molecule has 3 heteroatoms. The van der Waals surface area contributed by atoms with Crippen LogP contribution in [-0.4, -0.2) is 13.1 Å². The van der Waals surface area contributed by atoms with E-state index in [0.717, 1.165) is 11.3 Å². The first-order chi connectivity index (χ1) is 7.57. The number of nitrogens with zero attached hydrogens (tertiary/aromatic N) is 2. The van der Waals surface area contributed by atoms with Crippen LogP contribution in [0.4, 0.5) is 5.69 Å². The Morgan fingerprint density at radius 2 is 2.00 bits per heavy atom. The van der Waals surface area contributed by atoms with Crippen molar-refractivity contribution in [3.63, 3.8) is 0 Å². The van der Waals surface area contributed by atoms with Gasteiger partial charge in [-0.1, -0.05) is 18.2 Å². The van der Waals surface area contributed by atoms with Crippen molar-refractivity contribution < 1.29 is 0 Å². The van der Waals surface area contributed by atoms with Crippen LogP contribution in [0.2, 0.25) is 0 Å². The van der Waals surface area contributed by atoms with Crippen molar-refractivity contribution in [1.82, 2.24) is 0 Å². The van der Waals surface area contributed by atoms with Gasteiger partial charge in [0.1, 0.15) is 0 Å². The molecule has 0 aliphatic carbocycles. The second kappa shape index (κ2) is 5.53. The Morgan fingerprint density at radius 1 is 1.38 bits per heavy atom. The van der Waals surface area contributed by atoms with E-state index >= 15 is 0 Å². The maximum Gasteiger partial charge on any atom is 0.0643 e. The number of anilines is 1. The van der Waals surface area contributed by atoms with E-state index in [1.165, 1.54) is 0 Å². The van der Waals surface area contributed by atoms with Crippen LogP contribution in [0.3, 0.4) is 0 Å². The molecule has 0 aromatic heterocycles. The monoisotopic (exact) mass is 217 g/mol. The molecule has 0 bridgehead atoms. The molecule has 2 N–H and O–H groups in total. The maximum absolute atomic E-state index is 8.71. The van der Waals surface area contributed by atoms with Crippen molar-refractivity contribution in [3.8, 4) is 6.07 Å². The summed E-state index contributed by atoms with van der Waals surface area (Å²) < 4.78 is 0. The van der Waals surface area contributed by atoms with Crippen molar-refractivity contribution in [2.45, 2.75) is 32.4 Å². The molecule has 1 aromatic carbocycles. The summed E-state index contributed by atoms with van der Waals surface area (Å²) in [6, 6.07) is 10.5.